The van der Waals surface area contributed by atoms with Gasteiger partial charge in [-0.25, -0.2) is 0 Å². The zero-order valence-electron chi connectivity index (χ0n) is 11.0. The molecular weight excluding hydrogens is 200 g/mol. The summed E-state index contributed by atoms with van der Waals surface area (Å²) in [5, 5.41) is 4.38. The summed E-state index contributed by atoms with van der Waals surface area (Å²) < 4.78 is 1.91. The van der Waals surface area contributed by atoms with Crippen molar-refractivity contribution in [3.8, 4) is 0 Å². The zero-order valence-corrected chi connectivity index (χ0v) is 11.0. The van der Waals surface area contributed by atoms with E-state index in [0.29, 0.717) is 12.2 Å². The van der Waals surface area contributed by atoms with E-state index < -0.39 is 0 Å². The molecule has 0 aliphatic rings. The van der Waals surface area contributed by atoms with Crippen LogP contribution >= 0.6 is 0 Å². The van der Waals surface area contributed by atoms with Crippen LogP contribution in [0.15, 0.2) is 0 Å². The van der Waals surface area contributed by atoms with E-state index in [2.05, 4.69) is 12.0 Å². The van der Waals surface area contributed by atoms with Crippen molar-refractivity contribution in [2.75, 3.05) is 0 Å². The second-order valence-corrected chi connectivity index (χ2v) is 4.75. The molecule has 0 radical (unpaired) electrons. The Balaban J connectivity index is 2.52. The first-order valence-corrected chi connectivity index (χ1v) is 5.95. The second-order valence-electron chi connectivity index (χ2n) is 4.75. The molecule has 0 spiro atoms. The number of carbonyl (C=O) groups is 1. The van der Waals surface area contributed by atoms with Gasteiger partial charge in [0.05, 0.1) is 5.69 Å². The monoisotopic (exact) mass is 222 g/mol. The third-order valence-electron chi connectivity index (χ3n) is 3.15. The van der Waals surface area contributed by atoms with E-state index in [9.17, 15) is 4.79 Å². The largest absolute Gasteiger partial charge is 0.299 e. The van der Waals surface area contributed by atoms with E-state index in [1.807, 2.05) is 32.5 Å². The lowest BCUT2D eigenvalue weighted by molar-refractivity contribution is -0.121. The van der Waals surface area contributed by atoms with Crippen molar-refractivity contribution in [3.63, 3.8) is 0 Å². The lowest BCUT2D eigenvalue weighted by Gasteiger charge is -2.04. The topological polar surface area (TPSA) is 34.9 Å². The number of carbonyl (C=O) groups excluding carboxylic acids is 1. The first-order chi connectivity index (χ1) is 7.43. The van der Waals surface area contributed by atoms with Gasteiger partial charge in [-0.05, 0) is 32.3 Å². The third kappa shape index (κ3) is 2.94. The van der Waals surface area contributed by atoms with E-state index in [0.717, 1.165) is 18.5 Å². The van der Waals surface area contributed by atoms with Gasteiger partial charge in [0.1, 0.15) is 5.78 Å². The Hall–Kier alpha value is -1.12. The van der Waals surface area contributed by atoms with Crippen molar-refractivity contribution in [1.29, 1.82) is 0 Å². The van der Waals surface area contributed by atoms with Gasteiger partial charge in [-0.3, -0.25) is 9.48 Å². The van der Waals surface area contributed by atoms with Crippen molar-refractivity contribution in [2.45, 2.75) is 47.0 Å². The predicted molar refractivity (Wildman–Crippen MR) is 65.5 cm³/mol. The van der Waals surface area contributed by atoms with Gasteiger partial charge in [-0.15, -0.1) is 0 Å². The summed E-state index contributed by atoms with van der Waals surface area (Å²) in [6.07, 6.45) is 2.58. The molecule has 0 aliphatic heterocycles. The number of hydrogen-bond acceptors (Lipinski definition) is 2. The van der Waals surface area contributed by atoms with Crippen LogP contribution < -0.4 is 0 Å². The van der Waals surface area contributed by atoms with Gasteiger partial charge >= 0.3 is 0 Å². The van der Waals surface area contributed by atoms with Crippen LogP contribution in [0.5, 0.6) is 0 Å². The Morgan fingerprint density at radius 3 is 2.44 bits per heavy atom. The van der Waals surface area contributed by atoms with Crippen LogP contribution in [0.2, 0.25) is 0 Å². The van der Waals surface area contributed by atoms with Crippen molar-refractivity contribution in [1.82, 2.24) is 9.78 Å². The van der Waals surface area contributed by atoms with Crippen molar-refractivity contribution in [2.24, 2.45) is 13.0 Å². The van der Waals surface area contributed by atoms with Crippen LogP contribution in [0, 0.1) is 19.8 Å². The summed E-state index contributed by atoms with van der Waals surface area (Å²) in [5.74, 6) is 0.523. The maximum Gasteiger partial charge on any atom is 0.135 e. The highest BCUT2D eigenvalue weighted by Gasteiger charge is 2.11. The van der Waals surface area contributed by atoms with Crippen LogP contribution in [0.4, 0.5) is 0 Å². The number of hydrogen-bond donors (Lipinski definition) is 0. The van der Waals surface area contributed by atoms with Gasteiger partial charge in [0.25, 0.3) is 0 Å². The molecule has 1 aromatic heterocycles. The molecule has 0 fully saturated rings. The molecule has 0 aliphatic carbocycles. The average molecular weight is 222 g/mol. The smallest absolute Gasteiger partial charge is 0.135 e. The fourth-order valence-corrected chi connectivity index (χ4v) is 1.91. The number of aromatic nitrogens is 2. The minimum absolute atomic E-state index is 0.163. The molecule has 0 aromatic carbocycles. The molecule has 0 amide bonds. The molecule has 1 aromatic rings. The summed E-state index contributed by atoms with van der Waals surface area (Å²) in [6.45, 7) is 8.04. The molecule has 0 saturated heterocycles. The van der Waals surface area contributed by atoms with Gasteiger partial charge in [-0.1, -0.05) is 13.8 Å². The van der Waals surface area contributed by atoms with Crippen LogP contribution in [0.1, 0.15) is 43.6 Å². The number of nitrogens with zero attached hydrogens (tertiary/aromatic N) is 2. The Labute approximate surface area is 97.8 Å². The van der Waals surface area contributed by atoms with Crippen LogP contribution in [-0.4, -0.2) is 15.6 Å². The van der Waals surface area contributed by atoms with Gasteiger partial charge in [0.2, 0.25) is 0 Å². The number of rotatable bonds is 5. The lowest BCUT2D eigenvalue weighted by atomic mass is 10.0. The number of Topliss-reactive ketones (excluding diaryl/α,β-unsaturated/α-hetero) is 1. The van der Waals surface area contributed by atoms with Crippen molar-refractivity contribution >= 4 is 5.78 Å². The maximum absolute atomic E-state index is 11.5. The molecule has 90 valence electrons. The molecule has 3 nitrogen and oxygen atoms in total. The van der Waals surface area contributed by atoms with Crippen LogP contribution in [0.25, 0.3) is 0 Å². The normalized spacial score (nSPS) is 11.1. The summed E-state index contributed by atoms with van der Waals surface area (Å²) in [6, 6.07) is 0. The van der Waals surface area contributed by atoms with Gasteiger partial charge in [0.15, 0.2) is 0 Å². The molecule has 1 rings (SSSR count). The molecule has 16 heavy (non-hydrogen) atoms. The van der Waals surface area contributed by atoms with Crippen molar-refractivity contribution < 1.29 is 4.79 Å². The molecule has 0 unspecified atom stereocenters. The molecule has 0 saturated carbocycles. The minimum atomic E-state index is 0.163. The Morgan fingerprint density at radius 2 is 2.00 bits per heavy atom. The summed E-state index contributed by atoms with van der Waals surface area (Å²) in [7, 11) is 1.96. The quantitative estimate of drug-likeness (QED) is 0.767. The van der Waals surface area contributed by atoms with Crippen LogP contribution in [0.3, 0.4) is 0 Å². The molecule has 0 atom stereocenters. The minimum Gasteiger partial charge on any atom is -0.299 e. The first-order valence-electron chi connectivity index (χ1n) is 5.95. The molecule has 1 heterocycles. The number of aryl methyl sites for hydroxylation is 2. The fraction of sp³-hybridized carbons (Fsp3) is 0.692. The maximum atomic E-state index is 11.5. The summed E-state index contributed by atoms with van der Waals surface area (Å²) >= 11 is 0. The van der Waals surface area contributed by atoms with Crippen LogP contribution in [-0.2, 0) is 18.3 Å². The van der Waals surface area contributed by atoms with Gasteiger partial charge in [0, 0.05) is 25.1 Å². The third-order valence-corrected chi connectivity index (χ3v) is 3.15. The number of ketones is 1. The van der Waals surface area contributed by atoms with Gasteiger partial charge < -0.3 is 0 Å². The van der Waals surface area contributed by atoms with E-state index in [1.165, 1.54) is 11.3 Å². The SMILES string of the molecule is Cc1nn(C)c(C)c1CCCC(=O)C(C)C. The van der Waals surface area contributed by atoms with E-state index in [1.54, 1.807) is 0 Å². The summed E-state index contributed by atoms with van der Waals surface area (Å²) in [4.78, 5) is 11.5. The predicted octanol–water partition coefficient (Wildman–Crippen LogP) is 2.58. The highest BCUT2D eigenvalue weighted by atomic mass is 16.1. The van der Waals surface area contributed by atoms with Gasteiger partial charge in [-0.2, -0.15) is 5.10 Å². The Morgan fingerprint density at radius 1 is 1.38 bits per heavy atom. The Kier molecular flexibility index (Phi) is 4.27. The molecule has 0 bridgehead atoms. The summed E-state index contributed by atoms with van der Waals surface area (Å²) in [5.41, 5.74) is 3.62. The Bertz CT molecular complexity index is 378. The zero-order chi connectivity index (χ0) is 12.3. The highest BCUT2D eigenvalue weighted by molar-refractivity contribution is 5.80. The highest BCUT2D eigenvalue weighted by Crippen LogP contribution is 2.15. The lowest BCUT2D eigenvalue weighted by Crippen LogP contribution is -2.07. The first kappa shape index (κ1) is 12.9. The fourth-order valence-electron chi connectivity index (χ4n) is 1.91. The van der Waals surface area contributed by atoms with E-state index >= 15 is 0 Å². The molecule has 3 heteroatoms. The van der Waals surface area contributed by atoms with E-state index in [-0.39, 0.29) is 5.92 Å². The average Bonchev–Trinajstić information content (AvgIpc) is 2.44. The molecular formula is C13H22N2O. The second kappa shape index (κ2) is 5.28. The van der Waals surface area contributed by atoms with E-state index in [4.69, 9.17) is 0 Å². The van der Waals surface area contributed by atoms with Crippen molar-refractivity contribution in [3.05, 3.63) is 17.0 Å². The standard InChI is InChI=1S/C13H22N2O/c1-9(2)13(16)8-6-7-12-10(3)14-15(5)11(12)4/h9H,6-8H2,1-5H3. The molecule has 0 N–H and O–H groups in total.